The number of carbonyl (C=O) groups is 1. The van der Waals surface area contributed by atoms with E-state index in [4.69, 9.17) is 5.73 Å². The predicted molar refractivity (Wildman–Crippen MR) is 49.3 cm³/mol. The van der Waals surface area contributed by atoms with E-state index in [1.54, 1.807) is 0 Å². The van der Waals surface area contributed by atoms with E-state index in [1.165, 1.54) is 0 Å². The second kappa shape index (κ2) is 4.54. The number of hydrogen-bond donors (Lipinski definition) is 1. The number of amides is 1. The van der Waals surface area contributed by atoms with Gasteiger partial charge in [0.25, 0.3) is 0 Å². The monoisotopic (exact) mass is 163 g/mol. The molecule has 2 nitrogen and oxygen atoms in total. The van der Waals surface area contributed by atoms with Crippen LogP contribution in [0.2, 0.25) is 0 Å². The van der Waals surface area contributed by atoms with E-state index >= 15 is 0 Å². The van der Waals surface area contributed by atoms with Gasteiger partial charge < -0.3 is 5.73 Å². The Morgan fingerprint density at radius 3 is 2.25 bits per heavy atom. The Hall–Kier alpha value is -1.31. The van der Waals surface area contributed by atoms with Crippen molar-refractivity contribution in [1.29, 1.82) is 0 Å². The van der Waals surface area contributed by atoms with Crippen molar-refractivity contribution in [3.05, 3.63) is 36.5 Å². The van der Waals surface area contributed by atoms with Gasteiger partial charge in [0, 0.05) is 6.42 Å². The first-order valence-electron chi connectivity index (χ1n) is 4.09. The lowest BCUT2D eigenvalue weighted by Crippen LogP contribution is -2.11. The molecule has 64 valence electrons. The molecular formula is C10H13NO. The number of hydrogen-bond acceptors (Lipinski definition) is 1. The fraction of sp³-hybridized carbons (Fsp3) is 0.300. The van der Waals surface area contributed by atoms with Crippen LogP contribution in [0.5, 0.6) is 0 Å². The Labute approximate surface area is 72.5 Å². The summed E-state index contributed by atoms with van der Waals surface area (Å²) in [6, 6.07) is 0. The highest BCUT2D eigenvalue weighted by Gasteiger charge is 2.02. The number of allylic oxidation sites excluding steroid dienone is 6. The molecular weight excluding hydrogens is 150 g/mol. The molecule has 2 N–H and O–H groups in total. The minimum absolute atomic E-state index is 0.228. The number of primary amides is 1. The third kappa shape index (κ3) is 3.19. The van der Waals surface area contributed by atoms with Crippen molar-refractivity contribution in [2.45, 2.75) is 12.8 Å². The molecule has 1 amide bonds. The van der Waals surface area contributed by atoms with Crippen LogP contribution in [0.25, 0.3) is 0 Å². The molecule has 0 unspecified atom stereocenters. The zero-order valence-corrected chi connectivity index (χ0v) is 6.94. The maximum atomic E-state index is 10.5. The molecule has 0 saturated heterocycles. The summed E-state index contributed by atoms with van der Waals surface area (Å²) >= 11 is 0. The summed E-state index contributed by atoms with van der Waals surface area (Å²) < 4.78 is 0. The van der Waals surface area contributed by atoms with E-state index in [-0.39, 0.29) is 5.91 Å². The van der Waals surface area contributed by atoms with Gasteiger partial charge in [-0.2, -0.15) is 0 Å². The summed E-state index contributed by atoms with van der Waals surface area (Å²) in [5.74, 6) is 0.126. The van der Waals surface area contributed by atoms with Gasteiger partial charge in [0.1, 0.15) is 0 Å². The Bertz CT molecular complexity index is 222. The van der Waals surface area contributed by atoms with Crippen LogP contribution in [0.3, 0.4) is 0 Å². The predicted octanol–water partition coefficient (Wildman–Crippen LogP) is 1.55. The third-order valence-corrected chi connectivity index (χ3v) is 1.77. The van der Waals surface area contributed by atoms with Crippen molar-refractivity contribution in [3.8, 4) is 0 Å². The van der Waals surface area contributed by atoms with Crippen LogP contribution >= 0.6 is 0 Å². The average molecular weight is 163 g/mol. The molecule has 0 atom stereocenters. The highest BCUT2D eigenvalue weighted by atomic mass is 16.1. The highest BCUT2D eigenvalue weighted by molar-refractivity contribution is 5.73. The second-order valence-electron chi connectivity index (χ2n) is 2.82. The second-order valence-corrected chi connectivity index (χ2v) is 2.82. The van der Waals surface area contributed by atoms with E-state index < -0.39 is 0 Å². The van der Waals surface area contributed by atoms with Gasteiger partial charge in [0.05, 0.1) is 0 Å². The number of carbonyl (C=O) groups excluding carboxylic acids is 1. The van der Waals surface area contributed by atoms with Gasteiger partial charge >= 0.3 is 0 Å². The Kier molecular flexibility index (Phi) is 3.33. The first kappa shape index (κ1) is 8.78. The molecule has 0 radical (unpaired) electrons. The zero-order chi connectivity index (χ0) is 8.81. The fourth-order valence-corrected chi connectivity index (χ4v) is 1.11. The SMILES string of the molecule is NC(=O)CCC1C=CC=CC=C1. The maximum Gasteiger partial charge on any atom is 0.217 e. The van der Waals surface area contributed by atoms with E-state index in [1.807, 2.05) is 24.3 Å². The Balaban J connectivity index is 2.37. The number of nitrogens with two attached hydrogens (primary N) is 1. The van der Waals surface area contributed by atoms with Crippen molar-refractivity contribution in [2.24, 2.45) is 11.7 Å². The molecule has 0 aliphatic heterocycles. The maximum absolute atomic E-state index is 10.5. The summed E-state index contributed by atoms with van der Waals surface area (Å²) in [6.45, 7) is 0. The first-order chi connectivity index (χ1) is 5.79. The highest BCUT2D eigenvalue weighted by Crippen LogP contribution is 2.11. The van der Waals surface area contributed by atoms with E-state index in [9.17, 15) is 4.79 Å². The molecule has 1 aliphatic rings. The lowest BCUT2D eigenvalue weighted by Gasteiger charge is -2.03. The third-order valence-electron chi connectivity index (χ3n) is 1.77. The lowest BCUT2D eigenvalue weighted by atomic mass is 10.0. The van der Waals surface area contributed by atoms with Gasteiger partial charge in [-0.15, -0.1) is 0 Å². The van der Waals surface area contributed by atoms with Crippen molar-refractivity contribution >= 4 is 5.91 Å². The largest absolute Gasteiger partial charge is 0.370 e. The molecule has 0 saturated carbocycles. The van der Waals surface area contributed by atoms with Crippen LogP contribution in [0.15, 0.2) is 36.5 Å². The van der Waals surface area contributed by atoms with E-state index in [2.05, 4.69) is 12.2 Å². The zero-order valence-electron chi connectivity index (χ0n) is 6.94. The summed E-state index contributed by atoms with van der Waals surface area (Å²) in [6.07, 6.45) is 13.3. The van der Waals surface area contributed by atoms with Crippen LogP contribution in [-0.4, -0.2) is 5.91 Å². The molecule has 0 aromatic carbocycles. The minimum atomic E-state index is -0.228. The summed E-state index contributed by atoms with van der Waals surface area (Å²) in [7, 11) is 0. The van der Waals surface area contributed by atoms with Crippen LogP contribution in [0, 0.1) is 5.92 Å². The van der Waals surface area contributed by atoms with Gasteiger partial charge in [-0.3, -0.25) is 4.79 Å². The van der Waals surface area contributed by atoms with Crippen LogP contribution in [0.1, 0.15) is 12.8 Å². The molecule has 12 heavy (non-hydrogen) atoms. The quantitative estimate of drug-likeness (QED) is 0.674. The standard InChI is InChI=1S/C10H13NO/c11-10(12)8-7-9-5-3-1-2-4-6-9/h1-6,9H,7-8H2,(H2,11,12). The normalized spacial score (nSPS) is 16.3. The molecule has 1 aliphatic carbocycles. The average Bonchev–Trinajstić information content (AvgIpc) is 2.28. The first-order valence-corrected chi connectivity index (χ1v) is 4.09. The Morgan fingerprint density at radius 2 is 1.75 bits per heavy atom. The lowest BCUT2D eigenvalue weighted by molar-refractivity contribution is -0.118. The van der Waals surface area contributed by atoms with Crippen molar-refractivity contribution < 1.29 is 4.79 Å². The Morgan fingerprint density at radius 1 is 1.17 bits per heavy atom. The van der Waals surface area contributed by atoms with Crippen molar-refractivity contribution in [3.63, 3.8) is 0 Å². The minimum Gasteiger partial charge on any atom is -0.370 e. The van der Waals surface area contributed by atoms with Gasteiger partial charge in [0.15, 0.2) is 0 Å². The fourth-order valence-electron chi connectivity index (χ4n) is 1.11. The molecule has 0 aromatic heterocycles. The molecule has 0 aromatic rings. The molecule has 0 fully saturated rings. The molecule has 0 bridgehead atoms. The van der Waals surface area contributed by atoms with Crippen molar-refractivity contribution in [1.82, 2.24) is 0 Å². The van der Waals surface area contributed by atoms with Gasteiger partial charge in [-0.1, -0.05) is 36.5 Å². The van der Waals surface area contributed by atoms with Crippen LogP contribution in [-0.2, 0) is 4.79 Å². The summed E-state index contributed by atoms with van der Waals surface area (Å²) in [5.41, 5.74) is 5.05. The topological polar surface area (TPSA) is 43.1 Å². The van der Waals surface area contributed by atoms with E-state index in [0.29, 0.717) is 12.3 Å². The van der Waals surface area contributed by atoms with Crippen LogP contribution in [0.4, 0.5) is 0 Å². The van der Waals surface area contributed by atoms with Gasteiger partial charge in [-0.25, -0.2) is 0 Å². The molecule has 1 rings (SSSR count). The molecule has 0 heterocycles. The molecule has 2 heteroatoms. The summed E-state index contributed by atoms with van der Waals surface area (Å²) in [5, 5.41) is 0. The molecule has 0 spiro atoms. The van der Waals surface area contributed by atoms with E-state index in [0.717, 1.165) is 6.42 Å². The van der Waals surface area contributed by atoms with Gasteiger partial charge in [0.2, 0.25) is 5.91 Å². The smallest absolute Gasteiger partial charge is 0.217 e. The van der Waals surface area contributed by atoms with Crippen LogP contribution < -0.4 is 5.73 Å². The number of rotatable bonds is 3. The van der Waals surface area contributed by atoms with Gasteiger partial charge in [-0.05, 0) is 12.3 Å². The summed E-state index contributed by atoms with van der Waals surface area (Å²) in [4.78, 5) is 10.5. The van der Waals surface area contributed by atoms with Crippen molar-refractivity contribution in [2.75, 3.05) is 0 Å².